The molecule has 0 bridgehead atoms. The standard InChI is InChI=1S/C16H33N/c1-5-7-14-9-10-16(12-17-13(3)4)15(11-14)8-6-2/h13-17H,5-12H2,1-4H3. The van der Waals surface area contributed by atoms with Gasteiger partial charge in [-0.15, -0.1) is 0 Å². The van der Waals surface area contributed by atoms with Gasteiger partial charge in [0.05, 0.1) is 0 Å². The SMILES string of the molecule is CCCC1CCC(CNC(C)C)C(CCC)C1. The first-order chi connectivity index (χ1) is 8.17. The molecule has 3 unspecified atom stereocenters. The van der Waals surface area contributed by atoms with Crippen LogP contribution in [-0.2, 0) is 0 Å². The topological polar surface area (TPSA) is 12.0 Å². The molecule has 0 radical (unpaired) electrons. The van der Waals surface area contributed by atoms with Crippen molar-refractivity contribution in [3.8, 4) is 0 Å². The largest absolute Gasteiger partial charge is 0.314 e. The summed E-state index contributed by atoms with van der Waals surface area (Å²) in [6, 6.07) is 0.644. The van der Waals surface area contributed by atoms with Gasteiger partial charge in [-0.05, 0) is 37.1 Å². The quantitative estimate of drug-likeness (QED) is 0.683. The Morgan fingerprint density at radius 3 is 2.29 bits per heavy atom. The first-order valence-corrected chi connectivity index (χ1v) is 7.90. The number of hydrogen-bond acceptors (Lipinski definition) is 1. The van der Waals surface area contributed by atoms with Gasteiger partial charge < -0.3 is 5.32 Å². The number of hydrogen-bond donors (Lipinski definition) is 1. The minimum absolute atomic E-state index is 0.644. The molecule has 0 aliphatic heterocycles. The van der Waals surface area contributed by atoms with E-state index in [1.54, 1.807) is 0 Å². The van der Waals surface area contributed by atoms with E-state index in [1.807, 2.05) is 0 Å². The molecule has 102 valence electrons. The summed E-state index contributed by atoms with van der Waals surface area (Å²) < 4.78 is 0. The molecule has 1 saturated carbocycles. The highest BCUT2D eigenvalue weighted by molar-refractivity contribution is 4.81. The maximum Gasteiger partial charge on any atom is 0.00104 e. The Labute approximate surface area is 109 Å². The first-order valence-electron chi connectivity index (χ1n) is 7.90. The second-order valence-electron chi connectivity index (χ2n) is 6.34. The molecule has 1 nitrogen and oxygen atoms in total. The Bertz CT molecular complexity index is 188. The third kappa shape index (κ3) is 5.42. The minimum atomic E-state index is 0.644. The maximum absolute atomic E-state index is 3.65. The van der Waals surface area contributed by atoms with Gasteiger partial charge >= 0.3 is 0 Å². The van der Waals surface area contributed by atoms with Crippen LogP contribution in [0.3, 0.4) is 0 Å². The molecule has 0 aromatic rings. The molecule has 3 atom stereocenters. The van der Waals surface area contributed by atoms with Gasteiger partial charge in [0.2, 0.25) is 0 Å². The van der Waals surface area contributed by atoms with E-state index in [-0.39, 0.29) is 0 Å². The van der Waals surface area contributed by atoms with E-state index in [0.29, 0.717) is 6.04 Å². The average molecular weight is 239 g/mol. The van der Waals surface area contributed by atoms with Gasteiger partial charge in [-0.1, -0.05) is 59.8 Å². The zero-order valence-electron chi connectivity index (χ0n) is 12.5. The van der Waals surface area contributed by atoms with E-state index in [4.69, 9.17) is 0 Å². The van der Waals surface area contributed by atoms with Crippen LogP contribution in [0.2, 0.25) is 0 Å². The van der Waals surface area contributed by atoms with E-state index in [0.717, 1.165) is 17.8 Å². The van der Waals surface area contributed by atoms with E-state index >= 15 is 0 Å². The van der Waals surface area contributed by atoms with Gasteiger partial charge in [-0.3, -0.25) is 0 Å². The molecule has 0 heterocycles. The van der Waals surface area contributed by atoms with Crippen molar-refractivity contribution >= 4 is 0 Å². The fraction of sp³-hybridized carbons (Fsp3) is 1.00. The van der Waals surface area contributed by atoms with E-state index in [2.05, 4.69) is 33.0 Å². The lowest BCUT2D eigenvalue weighted by molar-refractivity contribution is 0.157. The smallest absolute Gasteiger partial charge is 0.00104 e. The van der Waals surface area contributed by atoms with Gasteiger partial charge in [0, 0.05) is 6.04 Å². The molecule has 0 aromatic carbocycles. The van der Waals surface area contributed by atoms with Crippen LogP contribution >= 0.6 is 0 Å². The summed E-state index contributed by atoms with van der Waals surface area (Å²) in [4.78, 5) is 0. The molecule has 1 aliphatic rings. The number of nitrogens with one attached hydrogen (secondary N) is 1. The summed E-state index contributed by atoms with van der Waals surface area (Å²) in [5.74, 6) is 2.98. The van der Waals surface area contributed by atoms with Crippen molar-refractivity contribution in [2.45, 2.75) is 78.7 Å². The Morgan fingerprint density at radius 2 is 1.71 bits per heavy atom. The predicted molar refractivity (Wildman–Crippen MR) is 77.3 cm³/mol. The lowest BCUT2D eigenvalue weighted by Gasteiger charge is -2.37. The van der Waals surface area contributed by atoms with Crippen molar-refractivity contribution in [2.24, 2.45) is 17.8 Å². The van der Waals surface area contributed by atoms with Crippen molar-refractivity contribution in [1.82, 2.24) is 5.32 Å². The molecule has 1 rings (SSSR count). The molecule has 0 spiro atoms. The highest BCUT2D eigenvalue weighted by atomic mass is 14.9. The third-order valence-electron chi connectivity index (χ3n) is 4.39. The van der Waals surface area contributed by atoms with Crippen molar-refractivity contribution in [3.05, 3.63) is 0 Å². The van der Waals surface area contributed by atoms with Crippen molar-refractivity contribution in [2.75, 3.05) is 6.54 Å². The summed E-state index contributed by atoms with van der Waals surface area (Å²) in [5.41, 5.74) is 0. The van der Waals surface area contributed by atoms with Crippen molar-refractivity contribution in [1.29, 1.82) is 0 Å². The lowest BCUT2D eigenvalue weighted by atomic mass is 9.71. The van der Waals surface area contributed by atoms with Crippen LogP contribution in [0.5, 0.6) is 0 Å². The predicted octanol–water partition coefficient (Wildman–Crippen LogP) is 4.62. The third-order valence-corrected chi connectivity index (χ3v) is 4.39. The van der Waals surface area contributed by atoms with Crippen LogP contribution in [0, 0.1) is 17.8 Å². The van der Waals surface area contributed by atoms with Gasteiger partial charge in [0.15, 0.2) is 0 Å². The highest BCUT2D eigenvalue weighted by Gasteiger charge is 2.29. The van der Waals surface area contributed by atoms with Crippen molar-refractivity contribution < 1.29 is 0 Å². The van der Waals surface area contributed by atoms with Gasteiger partial charge in [-0.2, -0.15) is 0 Å². The van der Waals surface area contributed by atoms with Crippen LogP contribution in [0.1, 0.15) is 72.6 Å². The minimum Gasteiger partial charge on any atom is -0.314 e. The van der Waals surface area contributed by atoms with Crippen LogP contribution in [-0.4, -0.2) is 12.6 Å². The van der Waals surface area contributed by atoms with E-state index in [1.165, 1.54) is 51.5 Å². The molecule has 0 amide bonds. The Kier molecular flexibility index (Phi) is 7.18. The van der Waals surface area contributed by atoms with Crippen LogP contribution in [0.15, 0.2) is 0 Å². The average Bonchev–Trinajstić information content (AvgIpc) is 2.28. The first kappa shape index (κ1) is 15.0. The van der Waals surface area contributed by atoms with Gasteiger partial charge in [-0.25, -0.2) is 0 Å². The fourth-order valence-electron chi connectivity index (χ4n) is 3.47. The monoisotopic (exact) mass is 239 g/mol. The Balaban J connectivity index is 2.41. The highest BCUT2D eigenvalue weighted by Crippen LogP contribution is 2.38. The molecule has 1 fully saturated rings. The maximum atomic E-state index is 3.65. The molecule has 1 N–H and O–H groups in total. The molecule has 1 heteroatoms. The lowest BCUT2D eigenvalue weighted by Crippen LogP contribution is -2.36. The van der Waals surface area contributed by atoms with Crippen molar-refractivity contribution in [3.63, 3.8) is 0 Å². The van der Waals surface area contributed by atoms with Crippen LogP contribution in [0.25, 0.3) is 0 Å². The summed E-state index contributed by atoms with van der Waals surface area (Å²) in [5, 5.41) is 3.65. The Hall–Kier alpha value is -0.0400. The van der Waals surface area contributed by atoms with Gasteiger partial charge in [0.25, 0.3) is 0 Å². The Morgan fingerprint density at radius 1 is 1.00 bits per heavy atom. The van der Waals surface area contributed by atoms with E-state index < -0.39 is 0 Å². The molecular formula is C16H33N. The zero-order chi connectivity index (χ0) is 12.7. The zero-order valence-corrected chi connectivity index (χ0v) is 12.5. The molecule has 1 aliphatic carbocycles. The summed E-state index contributed by atoms with van der Waals surface area (Å²) in [7, 11) is 0. The summed E-state index contributed by atoms with van der Waals surface area (Å²) in [6.07, 6.45) is 10.1. The second-order valence-corrected chi connectivity index (χ2v) is 6.34. The van der Waals surface area contributed by atoms with Gasteiger partial charge in [0.1, 0.15) is 0 Å². The molecule has 0 saturated heterocycles. The van der Waals surface area contributed by atoms with E-state index in [9.17, 15) is 0 Å². The van der Waals surface area contributed by atoms with Crippen LogP contribution in [0.4, 0.5) is 0 Å². The second kappa shape index (κ2) is 8.13. The summed E-state index contributed by atoms with van der Waals surface area (Å²) >= 11 is 0. The fourth-order valence-corrected chi connectivity index (χ4v) is 3.47. The molecule has 0 aromatic heterocycles. The molecule has 17 heavy (non-hydrogen) atoms. The normalized spacial score (nSPS) is 29.8. The van der Waals surface area contributed by atoms with Crippen LogP contribution < -0.4 is 5.32 Å². The molecular weight excluding hydrogens is 206 g/mol. The summed E-state index contributed by atoms with van der Waals surface area (Å²) in [6.45, 7) is 10.5. The number of rotatable bonds is 7.